The van der Waals surface area contributed by atoms with Crippen LogP contribution >= 0.6 is 11.6 Å². The van der Waals surface area contributed by atoms with Crippen molar-refractivity contribution in [1.82, 2.24) is 15.2 Å². The van der Waals surface area contributed by atoms with Crippen LogP contribution in [0.25, 0.3) is 0 Å². The number of fused-ring (bicyclic) bond motifs is 1. The summed E-state index contributed by atoms with van der Waals surface area (Å²) in [4.78, 5) is 21.8. The predicted molar refractivity (Wildman–Crippen MR) is 170 cm³/mol. The predicted octanol–water partition coefficient (Wildman–Crippen LogP) is 5.66. The highest BCUT2D eigenvalue weighted by Gasteiger charge is 2.62. The summed E-state index contributed by atoms with van der Waals surface area (Å²) in [6, 6.07) is 16.2. The Labute approximate surface area is 268 Å². The van der Waals surface area contributed by atoms with Gasteiger partial charge in [-0.15, -0.1) is 0 Å². The minimum Gasteiger partial charge on any atom is -0.497 e. The molecule has 0 saturated carbocycles. The van der Waals surface area contributed by atoms with Gasteiger partial charge in [0, 0.05) is 29.2 Å². The molecule has 0 aliphatic carbocycles. The van der Waals surface area contributed by atoms with Crippen molar-refractivity contribution >= 4 is 33.2 Å². The van der Waals surface area contributed by atoms with E-state index in [0.717, 1.165) is 29.3 Å². The Hall–Kier alpha value is -3.90. The van der Waals surface area contributed by atoms with Crippen molar-refractivity contribution in [3.05, 3.63) is 101 Å². The second-order valence-electron chi connectivity index (χ2n) is 11.1. The summed E-state index contributed by atoms with van der Waals surface area (Å²) in [7, 11) is -1.37. The van der Waals surface area contributed by atoms with Crippen molar-refractivity contribution in [2.24, 2.45) is 0 Å². The third-order valence-corrected chi connectivity index (χ3v) is 10.4. The van der Waals surface area contributed by atoms with Gasteiger partial charge in [-0.05, 0) is 79.9 Å². The molecule has 236 valence electrons. The van der Waals surface area contributed by atoms with Crippen LogP contribution in [-0.4, -0.2) is 51.5 Å². The number of carbonyl (C=O) groups excluding carboxylic acids is 1. The zero-order valence-electron chi connectivity index (χ0n) is 25.3. The number of halogens is 1. The molecule has 1 amide bonds. The number of sulfonamides is 1. The molecule has 0 spiro atoms. The number of nitrogens with zero attached hydrogens (tertiary/aromatic N) is 3. The lowest BCUT2D eigenvalue weighted by Gasteiger charge is -2.41. The number of hydrogen-bond acceptors (Lipinski definition) is 9. The average molecular weight is 651 g/mol. The third-order valence-electron chi connectivity index (χ3n) is 8.49. The molecule has 0 radical (unpaired) electrons. The lowest BCUT2D eigenvalue weighted by Crippen LogP contribution is -2.54. The number of methoxy groups -OCH3 is 2. The highest BCUT2D eigenvalue weighted by Crippen LogP contribution is 2.56. The number of anilines is 1. The van der Waals surface area contributed by atoms with Crippen LogP contribution in [0.15, 0.2) is 82.4 Å². The zero-order valence-corrected chi connectivity index (χ0v) is 26.9. The summed E-state index contributed by atoms with van der Waals surface area (Å²) in [5.74, 6) is 0.728. The minimum atomic E-state index is -4.42. The number of oxazole rings is 1. The fourth-order valence-corrected chi connectivity index (χ4v) is 8.13. The van der Waals surface area contributed by atoms with E-state index in [2.05, 4.69) is 17.2 Å². The molecule has 1 saturated heterocycles. The second-order valence-corrected chi connectivity index (χ2v) is 13.3. The van der Waals surface area contributed by atoms with Gasteiger partial charge < -0.3 is 19.2 Å². The zero-order chi connectivity index (χ0) is 31.8. The average Bonchev–Trinajstić information content (AvgIpc) is 3.80. The van der Waals surface area contributed by atoms with Crippen molar-refractivity contribution < 1.29 is 27.1 Å². The Morgan fingerprint density at radius 1 is 1.07 bits per heavy atom. The van der Waals surface area contributed by atoms with Crippen LogP contribution in [0.5, 0.6) is 11.5 Å². The maximum Gasteiger partial charge on any atom is 0.271 e. The first-order chi connectivity index (χ1) is 21.8. The molecule has 0 bridgehead atoms. The smallest absolute Gasteiger partial charge is 0.271 e. The van der Waals surface area contributed by atoms with Gasteiger partial charge in [0.25, 0.3) is 15.9 Å². The molecule has 1 unspecified atom stereocenters. The van der Waals surface area contributed by atoms with Crippen LogP contribution in [0.3, 0.4) is 0 Å². The Balaban J connectivity index is 1.64. The highest BCUT2D eigenvalue weighted by atomic mass is 35.5. The number of ether oxygens (including phenoxy) is 2. The van der Waals surface area contributed by atoms with Crippen LogP contribution in [-0.2, 0) is 26.9 Å². The Bertz CT molecular complexity index is 1800. The first kappa shape index (κ1) is 31.1. The van der Waals surface area contributed by atoms with E-state index in [1.807, 2.05) is 23.1 Å². The molecule has 1 aromatic heterocycles. The van der Waals surface area contributed by atoms with Crippen molar-refractivity contribution in [2.75, 3.05) is 31.6 Å². The number of benzene rings is 3. The Morgan fingerprint density at radius 2 is 1.87 bits per heavy atom. The lowest BCUT2D eigenvalue weighted by atomic mass is 9.80. The molecule has 1 N–H and O–H groups in total. The van der Waals surface area contributed by atoms with Gasteiger partial charge in [0.1, 0.15) is 17.8 Å². The molecule has 3 aromatic carbocycles. The van der Waals surface area contributed by atoms with Gasteiger partial charge in [-0.25, -0.2) is 17.7 Å². The summed E-state index contributed by atoms with van der Waals surface area (Å²) >= 11 is 6.51. The fraction of sp³-hybridized carbons (Fsp3) is 0.333. The van der Waals surface area contributed by atoms with Crippen molar-refractivity contribution in [1.29, 1.82) is 0 Å². The van der Waals surface area contributed by atoms with Gasteiger partial charge in [-0.1, -0.05) is 30.7 Å². The summed E-state index contributed by atoms with van der Waals surface area (Å²) in [5, 5.41) is 3.72. The molecule has 4 aromatic rings. The topological polar surface area (TPSA) is 114 Å². The van der Waals surface area contributed by atoms with Crippen LogP contribution in [0.2, 0.25) is 5.02 Å². The van der Waals surface area contributed by atoms with E-state index in [9.17, 15) is 8.42 Å². The van der Waals surface area contributed by atoms with Gasteiger partial charge in [-0.2, -0.15) is 0 Å². The van der Waals surface area contributed by atoms with E-state index >= 15 is 4.79 Å². The Kier molecular flexibility index (Phi) is 8.62. The molecular weight excluding hydrogens is 616 g/mol. The van der Waals surface area contributed by atoms with Gasteiger partial charge in [-0.3, -0.25) is 9.69 Å². The molecule has 2 atom stereocenters. The molecule has 10 nitrogen and oxygen atoms in total. The van der Waals surface area contributed by atoms with Gasteiger partial charge >= 0.3 is 0 Å². The number of amides is 1. The van der Waals surface area contributed by atoms with E-state index in [4.69, 9.17) is 25.5 Å². The lowest BCUT2D eigenvalue weighted by molar-refractivity contribution is -0.127. The second kappa shape index (κ2) is 12.5. The summed E-state index contributed by atoms with van der Waals surface area (Å²) in [6.07, 6.45) is 5.43. The maximum absolute atomic E-state index is 15.4. The van der Waals surface area contributed by atoms with E-state index in [0.29, 0.717) is 53.0 Å². The summed E-state index contributed by atoms with van der Waals surface area (Å²) < 4.78 is 46.8. The number of nitrogens with one attached hydrogen (secondary N) is 1. The quantitative estimate of drug-likeness (QED) is 0.205. The molecule has 2 aliphatic heterocycles. The van der Waals surface area contributed by atoms with Gasteiger partial charge in [0.15, 0.2) is 5.54 Å². The van der Waals surface area contributed by atoms with Crippen LogP contribution < -0.4 is 19.1 Å². The molecule has 3 heterocycles. The summed E-state index contributed by atoms with van der Waals surface area (Å²) in [6.45, 7) is 3.94. The van der Waals surface area contributed by atoms with E-state index in [-0.39, 0.29) is 10.6 Å². The highest BCUT2D eigenvalue weighted by molar-refractivity contribution is 7.93. The van der Waals surface area contributed by atoms with Crippen LogP contribution in [0.4, 0.5) is 5.69 Å². The van der Waals surface area contributed by atoms with Crippen molar-refractivity contribution in [2.45, 2.75) is 49.2 Å². The molecule has 2 aliphatic rings. The van der Waals surface area contributed by atoms with E-state index in [1.165, 1.54) is 31.6 Å². The van der Waals surface area contributed by atoms with Gasteiger partial charge in [0.05, 0.1) is 37.0 Å². The number of carbonyl (C=O) groups is 1. The largest absolute Gasteiger partial charge is 0.497 e. The maximum atomic E-state index is 15.4. The molecular formula is C33H35ClN4O6S. The molecule has 6 rings (SSSR count). The van der Waals surface area contributed by atoms with E-state index in [1.54, 1.807) is 37.6 Å². The third kappa shape index (κ3) is 5.17. The number of rotatable bonds is 11. The fourth-order valence-electron chi connectivity index (χ4n) is 6.52. The van der Waals surface area contributed by atoms with Gasteiger partial charge in [0.2, 0.25) is 5.89 Å². The Morgan fingerprint density at radius 3 is 2.56 bits per heavy atom. The minimum absolute atomic E-state index is 0.0615. The first-order valence-corrected chi connectivity index (χ1v) is 16.7. The normalized spacial score (nSPS) is 20.0. The first-order valence-electron chi connectivity index (χ1n) is 14.9. The van der Waals surface area contributed by atoms with Crippen LogP contribution in [0, 0.1) is 0 Å². The molecule has 12 heteroatoms. The molecule has 1 fully saturated rings. The van der Waals surface area contributed by atoms with Crippen molar-refractivity contribution in [3.63, 3.8) is 0 Å². The standard InChI is InChI=1S/C33H35ClN4O6S/c1-4-15-35-21-22-7-14-30(43-3)27(19-22)33(37-17-5-6-28(37)31-36-16-18-44-31)26-13-8-23(34)20-29(26)38(32(33)39)45(40,41)25-11-9-24(42-2)10-12-25/h7-14,16,18-20,28,35H,4-6,15,17,21H2,1-3H3/t28-,33?/m0/s1. The summed E-state index contributed by atoms with van der Waals surface area (Å²) in [5.41, 5.74) is 0.481. The number of likely N-dealkylation sites (tertiary alicyclic amines) is 1. The molecule has 45 heavy (non-hydrogen) atoms. The SMILES string of the molecule is CCCNCc1ccc(OC)c(C2(N3CCC[C@H]3c3ncco3)C(=O)N(S(=O)(=O)c3ccc(OC)cc3)c3cc(Cl)ccc32)c1. The number of aromatic nitrogens is 1. The van der Waals surface area contributed by atoms with E-state index < -0.39 is 27.5 Å². The monoisotopic (exact) mass is 650 g/mol. The van der Waals surface area contributed by atoms with Crippen molar-refractivity contribution in [3.8, 4) is 11.5 Å². The van der Waals surface area contributed by atoms with Crippen LogP contribution in [0.1, 0.15) is 54.8 Å². The number of hydrogen-bond donors (Lipinski definition) is 1.